The summed E-state index contributed by atoms with van der Waals surface area (Å²) in [6, 6.07) is 17.8. The maximum atomic E-state index is 5.36. The lowest BCUT2D eigenvalue weighted by atomic mass is 10.2. The normalized spacial score (nSPS) is 12.1. The summed E-state index contributed by atoms with van der Waals surface area (Å²) in [6.07, 6.45) is 0. The lowest BCUT2D eigenvalue weighted by Gasteiger charge is -2.12. The van der Waals surface area contributed by atoms with Crippen LogP contribution in [0.4, 0.5) is 0 Å². The highest BCUT2D eigenvalue weighted by atomic mass is 32.2. The predicted octanol–water partition coefficient (Wildman–Crippen LogP) is 4.49. The van der Waals surface area contributed by atoms with Crippen LogP contribution >= 0.6 is 11.8 Å². The Morgan fingerprint density at radius 2 is 1.89 bits per heavy atom. The Balaban J connectivity index is 1.77. The van der Waals surface area contributed by atoms with Crippen molar-refractivity contribution in [1.29, 1.82) is 0 Å². The van der Waals surface area contributed by atoms with E-state index < -0.39 is 0 Å². The number of methoxy groups -OCH3 is 1. The van der Waals surface area contributed by atoms with Crippen molar-refractivity contribution in [3.05, 3.63) is 66.3 Å². The summed E-state index contributed by atoms with van der Waals surface area (Å²) in [5.74, 6) is 2.68. The number of rotatable bonds is 6. The Kier molecular flexibility index (Phi) is 5.12. The minimum Gasteiger partial charge on any atom is -0.497 e. The minimum atomic E-state index is -0.0639. The van der Waals surface area contributed by atoms with Gasteiger partial charge in [0.05, 0.1) is 12.4 Å². The molecule has 0 N–H and O–H groups in total. The number of thioether (sulfide) groups is 1. The van der Waals surface area contributed by atoms with Gasteiger partial charge in [-0.05, 0) is 38.1 Å². The van der Waals surface area contributed by atoms with Crippen molar-refractivity contribution in [2.45, 2.75) is 24.3 Å². The van der Waals surface area contributed by atoms with E-state index >= 15 is 0 Å². The van der Waals surface area contributed by atoms with Gasteiger partial charge in [-0.3, -0.25) is 4.57 Å². The van der Waals surface area contributed by atoms with Crippen molar-refractivity contribution >= 4 is 11.8 Å². The number of aromatic nitrogens is 5. The summed E-state index contributed by atoms with van der Waals surface area (Å²) < 4.78 is 12.7. The topological polar surface area (TPSA) is 78.9 Å². The summed E-state index contributed by atoms with van der Waals surface area (Å²) in [6.45, 7) is 3.81. The molecule has 0 aliphatic heterocycles. The fourth-order valence-corrected chi connectivity index (χ4v) is 3.69. The molecule has 28 heavy (non-hydrogen) atoms. The molecule has 2 aromatic carbocycles. The van der Waals surface area contributed by atoms with Gasteiger partial charge in [0, 0.05) is 11.3 Å². The summed E-state index contributed by atoms with van der Waals surface area (Å²) in [5.41, 5.74) is 1.89. The predicted molar refractivity (Wildman–Crippen MR) is 107 cm³/mol. The molecule has 1 unspecified atom stereocenters. The van der Waals surface area contributed by atoms with Crippen LogP contribution in [0.1, 0.15) is 23.9 Å². The van der Waals surface area contributed by atoms with Gasteiger partial charge >= 0.3 is 0 Å². The van der Waals surface area contributed by atoms with Crippen molar-refractivity contribution in [3.8, 4) is 22.8 Å². The molecule has 0 saturated carbocycles. The van der Waals surface area contributed by atoms with Crippen LogP contribution in [0.3, 0.4) is 0 Å². The van der Waals surface area contributed by atoms with Gasteiger partial charge in [-0.2, -0.15) is 4.98 Å². The third kappa shape index (κ3) is 3.63. The van der Waals surface area contributed by atoms with Gasteiger partial charge in [0.1, 0.15) is 5.75 Å². The first-order valence-corrected chi connectivity index (χ1v) is 9.66. The van der Waals surface area contributed by atoms with E-state index in [1.807, 2.05) is 66.1 Å². The quantitative estimate of drug-likeness (QED) is 0.447. The zero-order valence-corrected chi connectivity index (χ0v) is 16.6. The van der Waals surface area contributed by atoms with Gasteiger partial charge in [0.25, 0.3) is 0 Å². The molecule has 2 heterocycles. The molecule has 0 amide bonds. The lowest BCUT2D eigenvalue weighted by Crippen LogP contribution is -2.01. The fraction of sp³-hybridized carbons (Fsp3) is 0.200. The second-order valence-electron chi connectivity index (χ2n) is 6.15. The van der Waals surface area contributed by atoms with Crippen LogP contribution in [0, 0.1) is 6.92 Å². The molecule has 2 aromatic heterocycles. The van der Waals surface area contributed by atoms with E-state index in [0.717, 1.165) is 28.0 Å². The molecule has 1 atom stereocenters. The van der Waals surface area contributed by atoms with Crippen molar-refractivity contribution in [2.24, 2.45) is 0 Å². The zero-order valence-electron chi connectivity index (χ0n) is 15.7. The Labute approximate surface area is 166 Å². The molecule has 0 fully saturated rings. The summed E-state index contributed by atoms with van der Waals surface area (Å²) in [5, 5.41) is 13.5. The molecular formula is C20H19N5O2S. The monoisotopic (exact) mass is 393 g/mol. The lowest BCUT2D eigenvalue weighted by molar-refractivity contribution is 0.376. The van der Waals surface area contributed by atoms with Gasteiger partial charge in [-0.1, -0.05) is 47.3 Å². The number of ether oxygens (including phenoxy) is 1. The van der Waals surface area contributed by atoms with Gasteiger partial charge in [-0.15, -0.1) is 10.2 Å². The summed E-state index contributed by atoms with van der Waals surface area (Å²) in [4.78, 5) is 4.32. The van der Waals surface area contributed by atoms with Crippen molar-refractivity contribution < 1.29 is 9.26 Å². The standard InChI is InChI=1S/C20H19N5O2S/c1-13(19-21-14(2)24-27-19)28-20-23-22-18(15-8-7-11-17(12-15)26-3)25(20)16-9-5-4-6-10-16/h4-13H,1-3H3. The second kappa shape index (κ2) is 7.85. The smallest absolute Gasteiger partial charge is 0.239 e. The Morgan fingerprint density at radius 3 is 2.61 bits per heavy atom. The van der Waals surface area contributed by atoms with E-state index in [1.54, 1.807) is 14.0 Å². The highest BCUT2D eigenvalue weighted by Gasteiger charge is 2.22. The van der Waals surface area contributed by atoms with Crippen LogP contribution in [-0.4, -0.2) is 32.0 Å². The number of benzene rings is 2. The van der Waals surface area contributed by atoms with Crippen LogP contribution in [0.15, 0.2) is 64.3 Å². The molecular weight excluding hydrogens is 374 g/mol. The van der Waals surface area contributed by atoms with Gasteiger partial charge in [-0.25, -0.2) is 0 Å². The average Bonchev–Trinajstić information content (AvgIpc) is 3.35. The Bertz CT molecular complexity index is 1080. The first kappa shape index (κ1) is 18.2. The largest absolute Gasteiger partial charge is 0.497 e. The molecule has 0 bridgehead atoms. The third-order valence-corrected chi connectivity index (χ3v) is 5.18. The van der Waals surface area contributed by atoms with E-state index in [-0.39, 0.29) is 5.25 Å². The molecule has 4 aromatic rings. The molecule has 7 nitrogen and oxygen atoms in total. The number of hydrogen-bond acceptors (Lipinski definition) is 7. The SMILES string of the molecule is COc1cccc(-c2nnc(SC(C)c3nc(C)no3)n2-c2ccccc2)c1. The Morgan fingerprint density at radius 1 is 1.07 bits per heavy atom. The first-order valence-electron chi connectivity index (χ1n) is 8.78. The van der Waals surface area contributed by atoms with E-state index in [1.165, 1.54) is 11.8 Å². The van der Waals surface area contributed by atoms with Crippen molar-refractivity contribution in [3.63, 3.8) is 0 Å². The molecule has 0 radical (unpaired) electrons. The molecule has 142 valence electrons. The maximum Gasteiger partial charge on any atom is 0.239 e. The van der Waals surface area contributed by atoms with Gasteiger partial charge in [0.15, 0.2) is 16.8 Å². The fourth-order valence-electron chi connectivity index (χ4n) is 2.79. The summed E-state index contributed by atoms with van der Waals surface area (Å²) in [7, 11) is 1.65. The zero-order chi connectivity index (χ0) is 19.5. The van der Waals surface area contributed by atoms with E-state index in [2.05, 4.69) is 20.3 Å². The van der Waals surface area contributed by atoms with Crippen LogP contribution in [0.25, 0.3) is 17.1 Å². The average molecular weight is 393 g/mol. The van der Waals surface area contributed by atoms with Crippen molar-refractivity contribution in [1.82, 2.24) is 24.9 Å². The van der Waals surface area contributed by atoms with E-state index in [9.17, 15) is 0 Å². The van der Waals surface area contributed by atoms with Crippen LogP contribution < -0.4 is 4.74 Å². The second-order valence-corrected chi connectivity index (χ2v) is 7.46. The van der Waals surface area contributed by atoms with E-state index in [4.69, 9.17) is 9.26 Å². The van der Waals surface area contributed by atoms with Crippen molar-refractivity contribution in [2.75, 3.05) is 7.11 Å². The maximum absolute atomic E-state index is 5.36. The van der Waals surface area contributed by atoms with Crippen LogP contribution in [0.2, 0.25) is 0 Å². The molecule has 0 aliphatic carbocycles. The molecule has 0 spiro atoms. The highest BCUT2D eigenvalue weighted by Crippen LogP contribution is 2.36. The first-order chi connectivity index (χ1) is 13.7. The molecule has 8 heteroatoms. The third-order valence-electron chi connectivity index (χ3n) is 4.15. The molecule has 0 aliphatic rings. The van der Waals surface area contributed by atoms with Gasteiger partial charge in [0.2, 0.25) is 5.89 Å². The minimum absolute atomic E-state index is 0.0639. The van der Waals surface area contributed by atoms with Crippen LogP contribution in [0.5, 0.6) is 5.75 Å². The molecule has 4 rings (SSSR count). The number of hydrogen-bond donors (Lipinski definition) is 0. The highest BCUT2D eigenvalue weighted by molar-refractivity contribution is 7.99. The van der Waals surface area contributed by atoms with Gasteiger partial charge < -0.3 is 9.26 Å². The van der Waals surface area contributed by atoms with Crippen LogP contribution in [-0.2, 0) is 0 Å². The number of para-hydroxylation sites is 1. The number of aryl methyl sites for hydroxylation is 1. The van der Waals surface area contributed by atoms with E-state index in [0.29, 0.717) is 11.7 Å². The summed E-state index contributed by atoms with van der Waals surface area (Å²) >= 11 is 1.52. The Hall–Kier alpha value is -3.13. The molecule has 0 saturated heterocycles. The number of nitrogens with zero attached hydrogens (tertiary/aromatic N) is 5.